The summed E-state index contributed by atoms with van der Waals surface area (Å²) in [7, 11) is 1.62. The molecule has 7 nitrogen and oxygen atoms in total. The Balaban J connectivity index is 1.32. The molecule has 1 aromatic heterocycles. The van der Waals surface area contributed by atoms with Gasteiger partial charge in [-0.15, -0.1) is 5.10 Å². The molecule has 0 aliphatic carbocycles. The minimum Gasteiger partial charge on any atom is -0.496 e. The van der Waals surface area contributed by atoms with E-state index in [2.05, 4.69) is 22.1 Å². The third-order valence-corrected chi connectivity index (χ3v) is 5.00. The van der Waals surface area contributed by atoms with E-state index in [-0.39, 0.29) is 6.09 Å². The van der Waals surface area contributed by atoms with Gasteiger partial charge < -0.3 is 9.64 Å². The standard InChI is InChI=1S/C22H24N4O3/c1-28-21-10-6-5-9-19(21)20-11-12-26(23-20)29-22(27)25-15-13-24(14-16-25)17-18-7-3-2-4-8-18/h2-12H,13-17H2,1H3. The van der Waals surface area contributed by atoms with Crippen LogP contribution in [0.5, 0.6) is 5.75 Å². The number of hydrogen-bond acceptors (Lipinski definition) is 5. The van der Waals surface area contributed by atoms with Crippen molar-refractivity contribution < 1.29 is 14.4 Å². The van der Waals surface area contributed by atoms with Gasteiger partial charge in [-0.2, -0.15) is 0 Å². The topological polar surface area (TPSA) is 59.8 Å². The van der Waals surface area contributed by atoms with Crippen molar-refractivity contribution in [3.8, 4) is 17.0 Å². The average Bonchev–Trinajstić information content (AvgIpc) is 3.23. The van der Waals surface area contributed by atoms with Crippen molar-refractivity contribution in [2.24, 2.45) is 0 Å². The number of amides is 1. The van der Waals surface area contributed by atoms with Gasteiger partial charge in [0, 0.05) is 38.3 Å². The highest BCUT2D eigenvalue weighted by Gasteiger charge is 2.23. The smallest absolute Gasteiger partial charge is 0.436 e. The maximum Gasteiger partial charge on any atom is 0.436 e. The fraction of sp³-hybridized carbons (Fsp3) is 0.273. The average molecular weight is 392 g/mol. The highest BCUT2D eigenvalue weighted by molar-refractivity contribution is 5.69. The molecule has 2 heterocycles. The molecule has 3 aromatic rings. The first-order valence-corrected chi connectivity index (χ1v) is 9.65. The lowest BCUT2D eigenvalue weighted by molar-refractivity contribution is 0.0581. The number of hydrogen-bond donors (Lipinski definition) is 0. The number of carbonyl (C=O) groups excluding carboxylic acids is 1. The van der Waals surface area contributed by atoms with E-state index >= 15 is 0 Å². The molecule has 1 saturated heterocycles. The van der Waals surface area contributed by atoms with Crippen LogP contribution in [0.4, 0.5) is 4.79 Å². The molecule has 1 amide bonds. The van der Waals surface area contributed by atoms with E-state index in [1.54, 1.807) is 24.3 Å². The summed E-state index contributed by atoms with van der Waals surface area (Å²) in [6, 6.07) is 19.8. The molecule has 1 fully saturated rings. The maximum absolute atomic E-state index is 12.5. The Morgan fingerprint density at radius 2 is 1.69 bits per heavy atom. The number of rotatable bonds is 5. The zero-order valence-corrected chi connectivity index (χ0v) is 16.4. The molecule has 7 heteroatoms. The second-order valence-electron chi connectivity index (χ2n) is 6.91. The number of aromatic nitrogens is 2. The monoisotopic (exact) mass is 392 g/mol. The lowest BCUT2D eigenvalue weighted by atomic mass is 10.1. The molecule has 0 spiro atoms. The van der Waals surface area contributed by atoms with E-state index in [0.717, 1.165) is 30.9 Å². The largest absolute Gasteiger partial charge is 0.496 e. The number of benzene rings is 2. The first-order valence-electron chi connectivity index (χ1n) is 9.65. The molecule has 0 unspecified atom stereocenters. The number of para-hydroxylation sites is 1. The molecule has 0 N–H and O–H groups in total. The van der Waals surface area contributed by atoms with Crippen LogP contribution in [-0.4, -0.2) is 59.1 Å². The van der Waals surface area contributed by atoms with Gasteiger partial charge in [0.05, 0.1) is 19.0 Å². The van der Waals surface area contributed by atoms with Gasteiger partial charge in [0.1, 0.15) is 5.75 Å². The SMILES string of the molecule is COc1ccccc1-c1ccn(OC(=O)N2CCN(Cc3ccccc3)CC2)n1. The van der Waals surface area contributed by atoms with Crippen LogP contribution in [0.3, 0.4) is 0 Å². The van der Waals surface area contributed by atoms with Crippen LogP contribution in [0.15, 0.2) is 66.9 Å². The number of piperazine rings is 1. The molecule has 29 heavy (non-hydrogen) atoms. The summed E-state index contributed by atoms with van der Waals surface area (Å²) in [4.78, 5) is 23.2. The van der Waals surface area contributed by atoms with E-state index in [9.17, 15) is 4.79 Å². The second-order valence-corrected chi connectivity index (χ2v) is 6.91. The van der Waals surface area contributed by atoms with E-state index in [4.69, 9.17) is 9.57 Å². The third kappa shape index (κ3) is 4.57. The van der Waals surface area contributed by atoms with Crippen LogP contribution < -0.4 is 9.57 Å². The predicted octanol–water partition coefficient (Wildman–Crippen LogP) is 2.93. The fourth-order valence-corrected chi connectivity index (χ4v) is 3.43. The highest BCUT2D eigenvalue weighted by Crippen LogP contribution is 2.27. The molecule has 1 aliphatic rings. The van der Waals surface area contributed by atoms with Gasteiger partial charge >= 0.3 is 6.09 Å². The van der Waals surface area contributed by atoms with Crippen LogP contribution in [0.25, 0.3) is 11.3 Å². The van der Waals surface area contributed by atoms with E-state index in [1.165, 1.54) is 10.4 Å². The summed E-state index contributed by atoms with van der Waals surface area (Å²) in [5, 5.41) is 4.35. The van der Waals surface area contributed by atoms with Crippen molar-refractivity contribution in [1.29, 1.82) is 0 Å². The second kappa shape index (κ2) is 8.79. The molecule has 0 bridgehead atoms. The van der Waals surface area contributed by atoms with Crippen LogP contribution >= 0.6 is 0 Å². The van der Waals surface area contributed by atoms with Crippen molar-refractivity contribution in [3.63, 3.8) is 0 Å². The Hall–Kier alpha value is -3.32. The zero-order chi connectivity index (χ0) is 20.1. The van der Waals surface area contributed by atoms with Gasteiger partial charge in [-0.25, -0.2) is 4.79 Å². The first kappa shape index (κ1) is 19.0. The molecule has 150 valence electrons. The summed E-state index contributed by atoms with van der Waals surface area (Å²) in [5.41, 5.74) is 2.81. The van der Waals surface area contributed by atoms with Crippen LogP contribution in [-0.2, 0) is 6.54 Å². The Morgan fingerprint density at radius 1 is 0.966 bits per heavy atom. The Labute approximate surface area is 170 Å². The molecule has 1 aliphatic heterocycles. The normalized spacial score (nSPS) is 14.6. The summed E-state index contributed by atoms with van der Waals surface area (Å²) >= 11 is 0. The van der Waals surface area contributed by atoms with Crippen LogP contribution in [0, 0.1) is 0 Å². The van der Waals surface area contributed by atoms with Crippen molar-refractivity contribution in [1.82, 2.24) is 19.7 Å². The molecule has 0 atom stereocenters. The number of nitrogens with zero attached hydrogens (tertiary/aromatic N) is 4. The van der Waals surface area contributed by atoms with E-state index in [1.807, 2.05) is 42.5 Å². The maximum atomic E-state index is 12.5. The van der Waals surface area contributed by atoms with E-state index < -0.39 is 0 Å². The Morgan fingerprint density at radius 3 is 2.45 bits per heavy atom. The number of ether oxygens (including phenoxy) is 1. The summed E-state index contributed by atoms with van der Waals surface area (Å²) < 4.78 is 5.37. The van der Waals surface area contributed by atoms with Gasteiger partial charge in [-0.3, -0.25) is 9.74 Å². The number of carbonyl (C=O) groups is 1. The molecule has 2 aromatic carbocycles. The minimum absolute atomic E-state index is 0.390. The fourth-order valence-electron chi connectivity index (χ4n) is 3.43. The van der Waals surface area contributed by atoms with Crippen molar-refractivity contribution >= 4 is 6.09 Å². The highest BCUT2D eigenvalue weighted by atomic mass is 16.7. The number of methoxy groups -OCH3 is 1. The Kier molecular flexibility index (Phi) is 5.76. The lowest BCUT2D eigenvalue weighted by Gasteiger charge is -2.33. The predicted molar refractivity (Wildman–Crippen MR) is 109 cm³/mol. The van der Waals surface area contributed by atoms with Gasteiger partial charge in [0.15, 0.2) is 0 Å². The molecular formula is C22H24N4O3. The molecule has 0 radical (unpaired) electrons. The van der Waals surface area contributed by atoms with Gasteiger partial charge in [0.25, 0.3) is 0 Å². The lowest BCUT2D eigenvalue weighted by Crippen LogP contribution is -2.50. The summed E-state index contributed by atoms with van der Waals surface area (Å²) in [6.45, 7) is 3.79. The summed E-state index contributed by atoms with van der Waals surface area (Å²) in [6.07, 6.45) is 1.24. The van der Waals surface area contributed by atoms with Crippen molar-refractivity contribution in [3.05, 3.63) is 72.4 Å². The Bertz CT molecular complexity index is 949. The minimum atomic E-state index is -0.390. The van der Waals surface area contributed by atoms with Crippen LogP contribution in [0.1, 0.15) is 5.56 Å². The first-order chi connectivity index (χ1) is 14.2. The quantitative estimate of drug-likeness (QED) is 0.668. The zero-order valence-electron chi connectivity index (χ0n) is 16.4. The van der Waals surface area contributed by atoms with Gasteiger partial charge in [-0.05, 0) is 23.8 Å². The van der Waals surface area contributed by atoms with E-state index in [0.29, 0.717) is 18.8 Å². The van der Waals surface area contributed by atoms with Gasteiger partial charge in [-0.1, -0.05) is 47.3 Å². The summed E-state index contributed by atoms with van der Waals surface area (Å²) in [5.74, 6) is 0.721. The molecule has 4 rings (SSSR count). The van der Waals surface area contributed by atoms with Crippen molar-refractivity contribution in [2.45, 2.75) is 6.54 Å². The van der Waals surface area contributed by atoms with Gasteiger partial charge in [0.2, 0.25) is 0 Å². The van der Waals surface area contributed by atoms with Crippen LogP contribution in [0.2, 0.25) is 0 Å². The third-order valence-electron chi connectivity index (χ3n) is 5.00. The van der Waals surface area contributed by atoms with Crippen molar-refractivity contribution in [2.75, 3.05) is 33.3 Å². The molecule has 0 saturated carbocycles. The molecular weight excluding hydrogens is 368 g/mol.